The Balaban J connectivity index is 2.05. The van der Waals surface area contributed by atoms with Gasteiger partial charge in [-0.3, -0.25) is 0 Å². The standard InChI is InChI=1S/C14H18N4O2/c1-9-13-16-17-14(18(13)7-6-15-9)10-4-5-11(19-2)12(8-10)20-3/h4-5,8-9,15H,6-7H2,1-3H3. The second kappa shape index (κ2) is 5.13. The molecule has 1 aromatic heterocycles. The zero-order chi connectivity index (χ0) is 14.1. The van der Waals surface area contributed by atoms with E-state index in [9.17, 15) is 0 Å². The van der Waals surface area contributed by atoms with E-state index in [1.54, 1.807) is 14.2 Å². The van der Waals surface area contributed by atoms with E-state index in [1.807, 2.05) is 18.2 Å². The first-order valence-electron chi connectivity index (χ1n) is 6.63. The van der Waals surface area contributed by atoms with E-state index in [1.165, 1.54) is 0 Å². The summed E-state index contributed by atoms with van der Waals surface area (Å²) >= 11 is 0. The highest BCUT2D eigenvalue weighted by Gasteiger charge is 2.22. The Morgan fingerprint density at radius 2 is 2.00 bits per heavy atom. The fraction of sp³-hybridized carbons (Fsp3) is 0.429. The molecule has 6 heteroatoms. The van der Waals surface area contributed by atoms with Gasteiger partial charge in [0.2, 0.25) is 0 Å². The molecule has 6 nitrogen and oxygen atoms in total. The third kappa shape index (κ3) is 2.02. The minimum absolute atomic E-state index is 0.227. The maximum Gasteiger partial charge on any atom is 0.164 e. The van der Waals surface area contributed by atoms with Crippen LogP contribution < -0.4 is 14.8 Å². The van der Waals surface area contributed by atoms with Gasteiger partial charge in [-0.2, -0.15) is 0 Å². The van der Waals surface area contributed by atoms with Crippen molar-refractivity contribution in [3.63, 3.8) is 0 Å². The van der Waals surface area contributed by atoms with Crippen LogP contribution in [0.3, 0.4) is 0 Å². The van der Waals surface area contributed by atoms with E-state index in [0.717, 1.165) is 30.3 Å². The average molecular weight is 274 g/mol. The maximum atomic E-state index is 5.35. The molecule has 2 aromatic rings. The van der Waals surface area contributed by atoms with Gasteiger partial charge in [0.15, 0.2) is 17.3 Å². The number of nitrogens with zero attached hydrogens (tertiary/aromatic N) is 3. The minimum atomic E-state index is 0.227. The SMILES string of the molecule is COc1ccc(-c2nnc3n2CCNC3C)cc1OC. The molecule has 3 rings (SSSR count). The molecule has 0 saturated carbocycles. The molecular formula is C14H18N4O2. The summed E-state index contributed by atoms with van der Waals surface area (Å²) in [5, 5.41) is 12.0. The van der Waals surface area contributed by atoms with Crippen molar-refractivity contribution in [1.29, 1.82) is 0 Å². The van der Waals surface area contributed by atoms with Crippen LogP contribution in [0, 0.1) is 0 Å². The Kier molecular flexibility index (Phi) is 3.31. The summed E-state index contributed by atoms with van der Waals surface area (Å²) in [5.41, 5.74) is 0.982. The molecule has 20 heavy (non-hydrogen) atoms. The quantitative estimate of drug-likeness (QED) is 0.921. The van der Waals surface area contributed by atoms with Gasteiger partial charge in [-0.15, -0.1) is 10.2 Å². The fourth-order valence-electron chi connectivity index (χ4n) is 2.53. The van der Waals surface area contributed by atoms with E-state index in [4.69, 9.17) is 9.47 Å². The molecule has 1 aromatic carbocycles. The number of benzene rings is 1. The molecule has 106 valence electrons. The van der Waals surface area contributed by atoms with Crippen molar-refractivity contribution < 1.29 is 9.47 Å². The number of rotatable bonds is 3. The van der Waals surface area contributed by atoms with Crippen LogP contribution in [0.25, 0.3) is 11.4 Å². The van der Waals surface area contributed by atoms with Crippen LogP contribution in [0.4, 0.5) is 0 Å². The number of fused-ring (bicyclic) bond motifs is 1. The fourth-order valence-corrected chi connectivity index (χ4v) is 2.53. The summed E-state index contributed by atoms with van der Waals surface area (Å²) in [6.45, 7) is 3.89. The summed E-state index contributed by atoms with van der Waals surface area (Å²) in [5.74, 6) is 3.25. The monoisotopic (exact) mass is 274 g/mol. The first kappa shape index (κ1) is 12.9. The van der Waals surface area contributed by atoms with Crippen molar-refractivity contribution in [3.05, 3.63) is 24.0 Å². The van der Waals surface area contributed by atoms with Crippen LogP contribution >= 0.6 is 0 Å². The lowest BCUT2D eigenvalue weighted by molar-refractivity contribution is 0.355. The summed E-state index contributed by atoms with van der Waals surface area (Å²) in [4.78, 5) is 0. The second-order valence-corrected chi connectivity index (χ2v) is 4.78. The molecule has 1 unspecified atom stereocenters. The highest BCUT2D eigenvalue weighted by atomic mass is 16.5. The van der Waals surface area contributed by atoms with Crippen LogP contribution in [-0.4, -0.2) is 35.5 Å². The van der Waals surface area contributed by atoms with Crippen LogP contribution in [0.15, 0.2) is 18.2 Å². The molecular weight excluding hydrogens is 256 g/mol. The normalized spacial score (nSPS) is 17.6. The molecule has 1 N–H and O–H groups in total. The Bertz CT molecular complexity index is 624. The van der Waals surface area contributed by atoms with E-state index in [-0.39, 0.29) is 6.04 Å². The van der Waals surface area contributed by atoms with E-state index < -0.39 is 0 Å². The third-order valence-corrected chi connectivity index (χ3v) is 3.59. The number of nitrogens with one attached hydrogen (secondary N) is 1. The molecule has 1 aliphatic rings. The van der Waals surface area contributed by atoms with Gasteiger partial charge in [-0.05, 0) is 25.1 Å². The van der Waals surface area contributed by atoms with Crippen molar-refractivity contribution in [2.45, 2.75) is 19.5 Å². The number of ether oxygens (including phenoxy) is 2. The number of methoxy groups -OCH3 is 2. The third-order valence-electron chi connectivity index (χ3n) is 3.59. The molecule has 0 fully saturated rings. The van der Waals surface area contributed by atoms with Crippen LogP contribution in [-0.2, 0) is 6.54 Å². The molecule has 0 radical (unpaired) electrons. The van der Waals surface area contributed by atoms with Crippen molar-refractivity contribution >= 4 is 0 Å². The molecule has 0 bridgehead atoms. The molecule has 2 heterocycles. The Morgan fingerprint density at radius 3 is 2.75 bits per heavy atom. The second-order valence-electron chi connectivity index (χ2n) is 4.78. The Labute approximate surface area is 117 Å². The van der Waals surface area contributed by atoms with Gasteiger partial charge in [0, 0.05) is 18.7 Å². The Hall–Kier alpha value is -2.08. The molecule has 0 aliphatic carbocycles. The minimum Gasteiger partial charge on any atom is -0.493 e. The van der Waals surface area contributed by atoms with Gasteiger partial charge >= 0.3 is 0 Å². The summed E-state index contributed by atoms with van der Waals surface area (Å²) in [7, 11) is 3.26. The lowest BCUT2D eigenvalue weighted by atomic mass is 10.1. The number of hydrogen-bond donors (Lipinski definition) is 1. The Morgan fingerprint density at radius 1 is 1.20 bits per heavy atom. The topological polar surface area (TPSA) is 61.2 Å². The van der Waals surface area contributed by atoms with E-state index >= 15 is 0 Å². The zero-order valence-electron chi connectivity index (χ0n) is 11.9. The predicted octanol–water partition coefficient (Wildman–Crippen LogP) is 1.63. The van der Waals surface area contributed by atoms with Crippen LogP contribution in [0.1, 0.15) is 18.8 Å². The highest BCUT2D eigenvalue weighted by molar-refractivity contribution is 5.61. The van der Waals surface area contributed by atoms with Crippen molar-refractivity contribution in [2.75, 3.05) is 20.8 Å². The van der Waals surface area contributed by atoms with Crippen molar-refractivity contribution in [2.24, 2.45) is 0 Å². The highest BCUT2D eigenvalue weighted by Crippen LogP contribution is 2.32. The van der Waals surface area contributed by atoms with E-state index in [2.05, 4.69) is 27.0 Å². The molecule has 1 atom stereocenters. The lowest BCUT2D eigenvalue weighted by Gasteiger charge is -2.22. The van der Waals surface area contributed by atoms with Crippen molar-refractivity contribution in [3.8, 4) is 22.9 Å². The van der Waals surface area contributed by atoms with Gasteiger partial charge in [-0.1, -0.05) is 0 Å². The smallest absolute Gasteiger partial charge is 0.164 e. The molecule has 0 saturated heterocycles. The molecule has 1 aliphatic heterocycles. The first-order chi connectivity index (χ1) is 9.74. The van der Waals surface area contributed by atoms with Gasteiger partial charge in [-0.25, -0.2) is 0 Å². The van der Waals surface area contributed by atoms with E-state index in [0.29, 0.717) is 11.5 Å². The first-order valence-corrected chi connectivity index (χ1v) is 6.63. The lowest BCUT2D eigenvalue weighted by Crippen LogP contribution is -2.32. The number of hydrogen-bond acceptors (Lipinski definition) is 5. The van der Waals surface area contributed by atoms with Crippen molar-refractivity contribution in [1.82, 2.24) is 20.1 Å². The average Bonchev–Trinajstić information content (AvgIpc) is 2.92. The summed E-state index contributed by atoms with van der Waals surface area (Å²) in [6.07, 6.45) is 0. The maximum absolute atomic E-state index is 5.35. The van der Waals surface area contributed by atoms with Crippen LogP contribution in [0.5, 0.6) is 11.5 Å². The van der Waals surface area contributed by atoms with Gasteiger partial charge in [0.05, 0.1) is 20.3 Å². The predicted molar refractivity (Wildman–Crippen MR) is 75.0 cm³/mol. The number of aromatic nitrogens is 3. The summed E-state index contributed by atoms with van der Waals surface area (Å²) in [6, 6.07) is 6.03. The molecule has 0 spiro atoms. The molecule has 0 amide bonds. The largest absolute Gasteiger partial charge is 0.493 e. The van der Waals surface area contributed by atoms with Gasteiger partial charge < -0.3 is 19.4 Å². The zero-order valence-corrected chi connectivity index (χ0v) is 11.9. The van der Waals surface area contributed by atoms with Gasteiger partial charge in [0.25, 0.3) is 0 Å². The van der Waals surface area contributed by atoms with Gasteiger partial charge in [0.1, 0.15) is 5.82 Å². The van der Waals surface area contributed by atoms with Crippen LogP contribution in [0.2, 0.25) is 0 Å². The summed E-state index contributed by atoms with van der Waals surface area (Å²) < 4.78 is 12.8.